The van der Waals surface area contributed by atoms with Crippen LogP contribution in [0.4, 0.5) is 11.5 Å². The second-order valence-corrected chi connectivity index (χ2v) is 5.10. The molecule has 0 radical (unpaired) electrons. The second kappa shape index (κ2) is 5.88. The SMILES string of the molecule is Cc1cc(NC(=O)C(C)Nc2ccc(Br)cc2)no1. The van der Waals surface area contributed by atoms with Gasteiger partial charge in [0.2, 0.25) is 5.91 Å². The first-order valence-electron chi connectivity index (χ1n) is 5.81. The van der Waals surface area contributed by atoms with E-state index in [9.17, 15) is 4.79 Å². The van der Waals surface area contributed by atoms with Crippen molar-refractivity contribution >= 4 is 33.3 Å². The maximum Gasteiger partial charge on any atom is 0.247 e. The Morgan fingerprint density at radius 1 is 1.37 bits per heavy atom. The zero-order chi connectivity index (χ0) is 13.8. The smallest absolute Gasteiger partial charge is 0.247 e. The van der Waals surface area contributed by atoms with Crippen LogP contribution in [0.15, 0.2) is 39.3 Å². The third kappa shape index (κ3) is 3.82. The number of benzene rings is 1. The lowest BCUT2D eigenvalue weighted by molar-refractivity contribution is -0.116. The first kappa shape index (κ1) is 13.6. The van der Waals surface area contributed by atoms with Gasteiger partial charge in [-0.2, -0.15) is 0 Å². The normalized spacial score (nSPS) is 11.9. The molecule has 2 N–H and O–H groups in total. The number of rotatable bonds is 4. The van der Waals surface area contributed by atoms with Gasteiger partial charge in [0.25, 0.3) is 0 Å². The molecule has 100 valence electrons. The molecule has 0 aliphatic rings. The Balaban J connectivity index is 1.94. The fraction of sp³-hybridized carbons (Fsp3) is 0.231. The van der Waals surface area contributed by atoms with Crippen LogP contribution in [0.2, 0.25) is 0 Å². The third-order valence-corrected chi connectivity index (χ3v) is 3.03. The van der Waals surface area contributed by atoms with Gasteiger partial charge in [-0.1, -0.05) is 21.1 Å². The lowest BCUT2D eigenvalue weighted by Gasteiger charge is -2.14. The van der Waals surface area contributed by atoms with Gasteiger partial charge in [-0.3, -0.25) is 4.79 Å². The van der Waals surface area contributed by atoms with Gasteiger partial charge in [-0.15, -0.1) is 0 Å². The van der Waals surface area contributed by atoms with E-state index in [1.807, 2.05) is 24.3 Å². The number of nitrogens with one attached hydrogen (secondary N) is 2. The van der Waals surface area contributed by atoms with Crippen molar-refractivity contribution in [3.63, 3.8) is 0 Å². The molecule has 1 aromatic heterocycles. The van der Waals surface area contributed by atoms with Crippen molar-refractivity contribution in [1.82, 2.24) is 5.16 Å². The van der Waals surface area contributed by atoms with Crippen molar-refractivity contribution in [3.8, 4) is 0 Å². The number of carbonyl (C=O) groups is 1. The molecule has 1 heterocycles. The fourth-order valence-corrected chi connectivity index (χ4v) is 1.79. The summed E-state index contributed by atoms with van der Waals surface area (Å²) in [5, 5.41) is 9.50. The van der Waals surface area contributed by atoms with Crippen LogP contribution in [0, 0.1) is 6.92 Å². The Morgan fingerprint density at radius 2 is 2.05 bits per heavy atom. The molecule has 19 heavy (non-hydrogen) atoms. The molecule has 1 aromatic carbocycles. The summed E-state index contributed by atoms with van der Waals surface area (Å²) in [5.74, 6) is 0.909. The quantitative estimate of drug-likeness (QED) is 0.906. The predicted octanol–water partition coefficient (Wildman–Crippen LogP) is 3.18. The van der Waals surface area contributed by atoms with E-state index in [0.29, 0.717) is 11.6 Å². The van der Waals surface area contributed by atoms with Gasteiger partial charge in [0.05, 0.1) is 0 Å². The van der Waals surface area contributed by atoms with Gasteiger partial charge in [0.1, 0.15) is 11.8 Å². The molecule has 2 rings (SSSR count). The Labute approximate surface area is 119 Å². The molecule has 1 amide bonds. The molecule has 5 nitrogen and oxygen atoms in total. The summed E-state index contributed by atoms with van der Waals surface area (Å²) in [6.07, 6.45) is 0. The topological polar surface area (TPSA) is 67.2 Å². The number of amides is 1. The summed E-state index contributed by atoms with van der Waals surface area (Å²) in [7, 11) is 0. The number of hydrogen-bond acceptors (Lipinski definition) is 4. The Morgan fingerprint density at radius 3 is 2.63 bits per heavy atom. The Hall–Kier alpha value is -1.82. The van der Waals surface area contributed by atoms with Gasteiger partial charge in [-0.05, 0) is 38.1 Å². The number of carbonyl (C=O) groups excluding carboxylic acids is 1. The fourth-order valence-electron chi connectivity index (χ4n) is 1.52. The molecular weight excluding hydrogens is 310 g/mol. The van der Waals surface area contributed by atoms with E-state index in [1.54, 1.807) is 19.9 Å². The van der Waals surface area contributed by atoms with Gasteiger partial charge >= 0.3 is 0 Å². The molecule has 1 unspecified atom stereocenters. The summed E-state index contributed by atoms with van der Waals surface area (Å²) in [6, 6.07) is 8.91. The van der Waals surface area contributed by atoms with Crippen molar-refractivity contribution in [2.75, 3.05) is 10.6 Å². The van der Waals surface area contributed by atoms with E-state index >= 15 is 0 Å². The van der Waals surface area contributed by atoms with Crippen molar-refractivity contribution in [2.24, 2.45) is 0 Å². The highest BCUT2D eigenvalue weighted by Crippen LogP contribution is 2.15. The maximum atomic E-state index is 11.9. The number of nitrogens with zero attached hydrogens (tertiary/aromatic N) is 1. The number of halogens is 1. The largest absolute Gasteiger partial charge is 0.374 e. The van der Waals surface area contributed by atoms with E-state index in [0.717, 1.165) is 10.2 Å². The molecule has 6 heteroatoms. The monoisotopic (exact) mass is 323 g/mol. The van der Waals surface area contributed by atoms with E-state index in [4.69, 9.17) is 4.52 Å². The summed E-state index contributed by atoms with van der Waals surface area (Å²) in [4.78, 5) is 11.9. The van der Waals surface area contributed by atoms with E-state index < -0.39 is 0 Å². The highest BCUT2D eigenvalue weighted by atomic mass is 79.9. The lowest BCUT2D eigenvalue weighted by Crippen LogP contribution is -2.31. The van der Waals surface area contributed by atoms with E-state index in [-0.39, 0.29) is 11.9 Å². The molecule has 0 aliphatic heterocycles. The lowest BCUT2D eigenvalue weighted by atomic mass is 10.2. The summed E-state index contributed by atoms with van der Waals surface area (Å²) < 4.78 is 5.88. The van der Waals surface area contributed by atoms with Crippen LogP contribution in [-0.4, -0.2) is 17.1 Å². The summed E-state index contributed by atoms with van der Waals surface area (Å²) in [6.45, 7) is 3.55. The zero-order valence-electron chi connectivity index (χ0n) is 10.6. The highest BCUT2D eigenvalue weighted by Gasteiger charge is 2.14. The molecule has 0 bridgehead atoms. The second-order valence-electron chi connectivity index (χ2n) is 4.18. The molecule has 1 atom stereocenters. The molecule has 0 aliphatic carbocycles. The predicted molar refractivity (Wildman–Crippen MR) is 77.1 cm³/mol. The minimum Gasteiger partial charge on any atom is -0.374 e. The average molecular weight is 324 g/mol. The minimum atomic E-state index is -0.377. The Bertz CT molecular complexity index is 566. The molecule has 2 aromatic rings. The van der Waals surface area contributed by atoms with Crippen LogP contribution in [-0.2, 0) is 4.79 Å². The average Bonchev–Trinajstić information content (AvgIpc) is 2.77. The first-order valence-corrected chi connectivity index (χ1v) is 6.60. The number of aryl methyl sites for hydroxylation is 1. The molecule has 0 saturated carbocycles. The highest BCUT2D eigenvalue weighted by molar-refractivity contribution is 9.10. The molecule has 0 spiro atoms. The number of hydrogen-bond donors (Lipinski definition) is 2. The first-order chi connectivity index (χ1) is 9.04. The van der Waals surface area contributed by atoms with E-state index in [2.05, 4.69) is 31.7 Å². The Kier molecular flexibility index (Phi) is 4.21. The maximum absolute atomic E-state index is 11.9. The van der Waals surface area contributed by atoms with Crippen LogP contribution >= 0.6 is 15.9 Å². The molecular formula is C13H14BrN3O2. The van der Waals surface area contributed by atoms with Gasteiger partial charge in [-0.25, -0.2) is 0 Å². The number of anilines is 2. The van der Waals surface area contributed by atoms with Gasteiger partial charge in [0, 0.05) is 16.2 Å². The number of aromatic nitrogens is 1. The van der Waals surface area contributed by atoms with E-state index in [1.165, 1.54) is 0 Å². The summed E-state index contributed by atoms with van der Waals surface area (Å²) >= 11 is 3.36. The molecule has 0 fully saturated rings. The van der Waals surface area contributed by atoms with Crippen molar-refractivity contribution in [2.45, 2.75) is 19.9 Å². The van der Waals surface area contributed by atoms with Crippen molar-refractivity contribution in [3.05, 3.63) is 40.6 Å². The van der Waals surface area contributed by atoms with Crippen LogP contribution < -0.4 is 10.6 Å². The standard InChI is InChI=1S/C13H14BrN3O2/c1-8-7-12(17-19-8)16-13(18)9(2)15-11-5-3-10(14)4-6-11/h3-7,9,15H,1-2H3,(H,16,17,18). The van der Waals surface area contributed by atoms with Crippen LogP contribution in [0.1, 0.15) is 12.7 Å². The summed E-state index contributed by atoms with van der Waals surface area (Å²) in [5.41, 5.74) is 0.877. The van der Waals surface area contributed by atoms with Crippen molar-refractivity contribution < 1.29 is 9.32 Å². The third-order valence-electron chi connectivity index (χ3n) is 2.50. The van der Waals surface area contributed by atoms with Crippen LogP contribution in [0.5, 0.6) is 0 Å². The molecule has 0 saturated heterocycles. The van der Waals surface area contributed by atoms with Crippen LogP contribution in [0.25, 0.3) is 0 Å². The van der Waals surface area contributed by atoms with Crippen molar-refractivity contribution in [1.29, 1.82) is 0 Å². The zero-order valence-corrected chi connectivity index (χ0v) is 12.2. The van der Waals surface area contributed by atoms with Gasteiger partial charge in [0.15, 0.2) is 5.82 Å². The van der Waals surface area contributed by atoms with Gasteiger partial charge < -0.3 is 15.2 Å². The van der Waals surface area contributed by atoms with Crippen LogP contribution in [0.3, 0.4) is 0 Å². The minimum absolute atomic E-state index is 0.170.